The van der Waals surface area contributed by atoms with E-state index in [0.717, 1.165) is 7.11 Å². The molecular weight excluding hydrogens is 402 g/mol. The summed E-state index contributed by atoms with van der Waals surface area (Å²) < 4.78 is 127. The highest BCUT2D eigenvalue weighted by molar-refractivity contribution is 7.88. The molecular formula is C7H4F6N2O7S2. The third-order valence-electron chi connectivity index (χ3n) is 1.80. The number of rotatable bonds is 5. The smallest absolute Gasteiger partial charge is 0.467 e. The van der Waals surface area contributed by atoms with E-state index in [1.165, 1.54) is 0 Å². The zero-order valence-electron chi connectivity index (χ0n) is 10.9. The fraction of sp³-hybridized carbons (Fsp3) is 0.429. The lowest BCUT2D eigenvalue weighted by Crippen LogP contribution is -2.29. The molecule has 0 aromatic carbocycles. The maximum atomic E-state index is 12.2. The van der Waals surface area contributed by atoms with Crippen molar-refractivity contribution in [3.8, 4) is 17.8 Å². The van der Waals surface area contributed by atoms with E-state index in [-0.39, 0.29) is 6.07 Å². The van der Waals surface area contributed by atoms with Crippen molar-refractivity contribution in [2.24, 2.45) is 0 Å². The lowest BCUT2D eigenvalue weighted by Gasteiger charge is -2.11. The summed E-state index contributed by atoms with van der Waals surface area (Å²) in [6.45, 7) is 0. The SMILES string of the molecule is COc1nc(OS(=O)(=O)C(F)(F)F)cc(OS(=O)(=O)C(F)(F)F)n1. The third kappa shape index (κ3) is 4.49. The Morgan fingerprint density at radius 2 is 1.17 bits per heavy atom. The van der Waals surface area contributed by atoms with Gasteiger partial charge in [0.15, 0.2) is 0 Å². The first-order valence-corrected chi connectivity index (χ1v) is 7.85. The molecule has 0 radical (unpaired) electrons. The maximum absolute atomic E-state index is 12.2. The highest BCUT2D eigenvalue weighted by Crippen LogP contribution is 2.30. The fourth-order valence-corrected chi connectivity index (χ4v) is 1.69. The van der Waals surface area contributed by atoms with Crippen molar-refractivity contribution in [1.29, 1.82) is 0 Å². The molecule has 138 valence electrons. The molecule has 0 unspecified atom stereocenters. The Balaban J connectivity index is 3.29. The van der Waals surface area contributed by atoms with Gasteiger partial charge in [0, 0.05) is 0 Å². The molecule has 0 amide bonds. The summed E-state index contributed by atoms with van der Waals surface area (Å²) >= 11 is 0. The Morgan fingerprint density at radius 1 is 0.833 bits per heavy atom. The number of methoxy groups -OCH3 is 1. The molecule has 0 saturated carbocycles. The number of hydrogen-bond donors (Lipinski definition) is 0. The summed E-state index contributed by atoms with van der Waals surface area (Å²) in [7, 11) is -11.7. The molecule has 0 saturated heterocycles. The Kier molecular flexibility index (Phi) is 5.10. The highest BCUT2D eigenvalue weighted by atomic mass is 32.2. The number of nitrogens with zero attached hydrogens (tertiary/aromatic N) is 2. The molecule has 1 aromatic rings. The molecule has 24 heavy (non-hydrogen) atoms. The Morgan fingerprint density at radius 3 is 1.42 bits per heavy atom. The molecule has 0 fully saturated rings. The Labute approximate surface area is 129 Å². The van der Waals surface area contributed by atoms with Crippen molar-refractivity contribution in [2.45, 2.75) is 11.0 Å². The fourth-order valence-electron chi connectivity index (χ4n) is 0.880. The van der Waals surface area contributed by atoms with Crippen molar-refractivity contribution < 1.29 is 56.3 Å². The second kappa shape index (κ2) is 6.11. The first-order chi connectivity index (χ1) is 10.6. The van der Waals surface area contributed by atoms with Crippen LogP contribution in [0.2, 0.25) is 0 Å². The standard InChI is InChI=1S/C7H4F6N2O7S2/c1-20-5-14-3(21-23(16,17)6(8,9)10)2-4(15-5)22-24(18,19)7(11,12)13/h2H,1H3. The minimum atomic E-state index is -6.24. The number of alkyl halides is 6. The van der Waals surface area contributed by atoms with Crippen molar-refractivity contribution in [2.75, 3.05) is 7.11 Å². The van der Waals surface area contributed by atoms with E-state index in [4.69, 9.17) is 0 Å². The van der Waals surface area contributed by atoms with Crippen molar-refractivity contribution in [3.63, 3.8) is 0 Å². The largest absolute Gasteiger partial charge is 0.534 e. The predicted molar refractivity (Wildman–Crippen MR) is 59.8 cm³/mol. The second-order valence-electron chi connectivity index (χ2n) is 3.50. The summed E-state index contributed by atoms with van der Waals surface area (Å²) in [4.78, 5) is 5.90. The monoisotopic (exact) mass is 406 g/mol. The van der Waals surface area contributed by atoms with Gasteiger partial charge in [-0.15, -0.1) is 0 Å². The van der Waals surface area contributed by atoms with Crippen LogP contribution in [0.25, 0.3) is 0 Å². The van der Waals surface area contributed by atoms with Gasteiger partial charge in [0.1, 0.15) is 0 Å². The first kappa shape index (κ1) is 20.0. The van der Waals surface area contributed by atoms with E-state index in [1.54, 1.807) is 0 Å². The van der Waals surface area contributed by atoms with Gasteiger partial charge in [-0.2, -0.15) is 53.1 Å². The molecule has 0 aliphatic carbocycles. The minimum Gasteiger partial charge on any atom is -0.467 e. The van der Waals surface area contributed by atoms with E-state index in [9.17, 15) is 43.2 Å². The number of ether oxygens (including phenoxy) is 1. The van der Waals surface area contributed by atoms with E-state index in [2.05, 4.69) is 23.1 Å². The zero-order chi connectivity index (χ0) is 19.0. The minimum absolute atomic E-state index is 0.0326. The van der Waals surface area contributed by atoms with Crippen LogP contribution in [0.15, 0.2) is 6.07 Å². The van der Waals surface area contributed by atoms with Crippen LogP contribution in [0.4, 0.5) is 26.3 Å². The van der Waals surface area contributed by atoms with Crippen LogP contribution in [-0.2, 0) is 20.2 Å². The summed E-state index contributed by atoms with van der Waals surface area (Å²) in [5.74, 6) is -2.99. The summed E-state index contributed by atoms with van der Waals surface area (Å²) in [5, 5.41) is 0. The Hall–Kier alpha value is -2.04. The van der Waals surface area contributed by atoms with Crippen LogP contribution < -0.4 is 13.1 Å². The van der Waals surface area contributed by atoms with E-state index >= 15 is 0 Å². The van der Waals surface area contributed by atoms with Gasteiger partial charge in [-0.3, -0.25) is 0 Å². The van der Waals surface area contributed by atoms with Gasteiger partial charge in [0.25, 0.3) is 0 Å². The normalized spacial score (nSPS) is 13.5. The van der Waals surface area contributed by atoms with Crippen LogP contribution in [0.5, 0.6) is 17.8 Å². The van der Waals surface area contributed by atoms with E-state index in [1.807, 2.05) is 0 Å². The predicted octanol–water partition coefficient (Wildman–Crippen LogP) is 0.942. The summed E-state index contributed by atoms with van der Waals surface area (Å²) in [6, 6.07) is -1.06. The molecule has 0 atom stereocenters. The zero-order valence-corrected chi connectivity index (χ0v) is 12.5. The molecule has 17 heteroatoms. The molecule has 0 bridgehead atoms. The van der Waals surface area contributed by atoms with Gasteiger partial charge in [0.2, 0.25) is 11.8 Å². The summed E-state index contributed by atoms with van der Waals surface area (Å²) in [5.41, 5.74) is -11.8. The maximum Gasteiger partial charge on any atom is 0.534 e. The molecule has 9 nitrogen and oxygen atoms in total. The number of aromatic nitrogens is 2. The van der Waals surface area contributed by atoms with Gasteiger partial charge >= 0.3 is 37.3 Å². The molecule has 0 N–H and O–H groups in total. The molecule has 1 heterocycles. The average molecular weight is 406 g/mol. The molecule has 0 aliphatic rings. The van der Waals surface area contributed by atoms with Crippen LogP contribution in [0.1, 0.15) is 0 Å². The van der Waals surface area contributed by atoms with Gasteiger partial charge in [-0.25, -0.2) is 0 Å². The summed E-state index contributed by atoms with van der Waals surface area (Å²) in [6.07, 6.45) is 0. The topological polar surface area (TPSA) is 122 Å². The molecule has 0 aliphatic heterocycles. The van der Waals surface area contributed by atoms with Crippen LogP contribution >= 0.6 is 0 Å². The lowest BCUT2D eigenvalue weighted by molar-refractivity contribution is -0.0503. The molecule has 1 rings (SSSR count). The van der Waals surface area contributed by atoms with Gasteiger partial charge in [-0.1, -0.05) is 0 Å². The number of hydrogen-bond acceptors (Lipinski definition) is 9. The quantitative estimate of drug-likeness (QED) is 0.399. The van der Waals surface area contributed by atoms with Crippen molar-refractivity contribution >= 4 is 20.2 Å². The van der Waals surface area contributed by atoms with Gasteiger partial charge in [-0.05, 0) is 0 Å². The Bertz CT molecular complexity index is 752. The van der Waals surface area contributed by atoms with E-state index < -0.39 is 49.0 Å². The van der Waals surface area contributed by atoms with Crippen molar-refractivity contribution in [1.82, 2.24) is 9.97 Å². The van der Waals surface area contributed by atoms with Crippen LogP contribution in [-0.4, -0.2) is 44.9 Å². The van der Waals surface area contributed by atoms with Gasteiger partial charge < -0.3 is 13.1 Å². The third-order valence-corrected chi connectivity index (χ3v) is 3.71. The highest BCUT2D eigenvalue weighted by Gasteiger charge is 2.50. The lowest BCUT2D eigenvalue weighted by atomic mass is 10.6. The van der Waals surface area contributed by atoms with Gasteiger partial charge in [0.05, 0.1) is 13.2 Å². The van der Waals surface area contributed by atoms with E-state index in [0.29, 0.717) is 0 Å². The second-order valence-corrected chi connectivity index (χ2v) is 6.57. The molecule has 0 spiro atoms. The number of halogens is 6. The first-order valence-electron chi connectivity index (χ1n) is 5.03. The van der Waals surface area contributed by atoms with Crippen molar-refractivity contribution in [3.05, 3.63) is 6.07 Å². The average Bonchev–Trinajstić information content (AvgIpc) is 2.34. The molecule has 1 aromatic heterocycles. The van der Waals surface area contributed by atoms with Crippen LogP contribution in [0.3, 0.4) is 0 Å². The van der Waals surface area contributed by atoms with Crippen LogP contribution in [0, 0.1) is 0 Å².